The third-order valence-electron chi connectivity index (χ3n) is 4.04. The first-order chi connectivity index (χ1) is 12.8. The summed E-state index contributed by atoms with van der Waals surface area (Å²) in [5.74, 6) is 0. The lowest BCUT2D eigenvalue weighted by Crippen LogP contribution is -2.00. The first kappa shape index (κ1) is 17.1. The quantitative estimate of drug-likeness (QED) is 0.339. The van der Waals surface area contributed by atoms with Crippen molar-refractivity contribution in [1.29, 1.82) is 0 Å². The van der Waals surface area contributed by atoms with Gasteiger partial charge in [-0.3, -0.25) is 4.98 Å². The van der Waals surface area contributed by atoms with Crippen molar-refractivity contribution in [2.75, 3.05) is 0 Å². The Labute approximate surface area is 170 Å². The molecule has 2 aromatic heterocycles. The van der Waals surface area contributed by atoms with E-state index in [4.69, 9.17) is 11.6 Å². The van der Waals surface area contributed by atoms with Gasteiger partial charge in [0.25, 0.3) is 0 Å². The van der Waals surface area contributed by atoms with E-state index in [2.05, 4.69) is 56.0 Å². The molecule has 5 heteroatoms. The maximum absolute atomic E-state index is 6.50. The predicted octanol–water partition coefficient (Wildman–Crippen LogP) is 6.13. The SMILES string of the molecule is Clc1nnc(-c2ccccc2I)c(-c2ccccc2)c1-c1ccccn1. The second kappa shape index (κ2) is 7.51. The van der Waals surface area contributed by atoms with E-state index in [0.29, 0.717) is 5.15 Å². The lowest BCUT2D eigenvalue weighted by Gasteiger charge is -2.15. The van der Waals surface area contributed by atoms with Gasteiger partial charge in [-0.25, -0.2) is 0 Å². The topological polar surface area (TPSA) is 38.7 Å². The number of rotatable bonds is 3. The molecule has 2 aromatic carbocycles. The van der Waals surface area contributed by atoms with Crippen LogP contribution in [0.25, 0.3) is 33.6 Å². The highest BCUT2D eigenvalue weighted by molar-refractivity contribution is 14.1. The zero-order valence-corrected chi connectivity index (χ0v) is 16.5. The fourth-order valence-electron chi connectivity index (χ4n) is 2.89. The lowest BCUT2D eigenvalue weighted by atomic mass is 9.94. The maximum atomic E-state index is 6.50. The molecule has 0 fully saturated rings. The van der Waals surface area contributed by atoms with Crippen LogP contribution >= 0.6 is 34.2 Å². The van der Waals surface area contributed by atoms with Gasteiger partial charge in [0.15, 0.2) is 5.15 Å². The summed E-state index contributed by atoms with van der Waals surface area (Å²) in [6, 6.07) is 24.0. The van der Waals surface area contributed by atoms with Gasteiger partial charge in [-0.05, 0) is 46.4 Å². The summed E-state index contributed by atoms with van der Waals surface area (Å²) >= 11 is 8.82. The molecule has 3 nitrogen and oxygen atoms in total. The third kappa shape index (κ3) is 3.22. The number of halogens is 2. The molecular weight excluding hydrogens is 457 g/mol. The van der Waals surface area contributed by atoms with E-state index < -0.39 is 0 Å². The van der Waals surface area contributed by atoms with E-state index >= 15 is 0 Å². The van der Waals surface area contributed by atoms with Crippen LogP contribution in [0.15, 0.2) is 79.0 Å². The number of nitrogens with zero attached hydrogens (tertiary/aromatic N) is 3. The number of hydrogen-bond acceptors (Lipinski definition) is 3. The van der Waals surface area contributed by atoms with Gasteiger partial charge in [0.05, 0.1) is 5.69 Å². The van der Waals surface area contributed by atoms with Gasteiger partial charge in [0, 0.05) is 26.5 Å². The molecule has 0 saturated heterocycles. The molecule has 0 radical (unpaired) electrons. The minimum atomic E-state index is 0.345. The van der Waals surface area contributed by atoms with Gasteiger partial charge >= 0.3 is 0 Å². The van der Waals surface area contributed by atoms with E-state index in [-0.39, 0.29) is 0 Å². The molecule has 0 amide bonds. The van der Waals surface area contributed by atoms with Crippen molar-refractivity contribution in [3.05, 3.63) is 87.7 Å². The van der Waals surface area contributed by atoms with Crippen LogP contribution in [0, 0.1) is 3.57 Å². The van der Waals surface area contributed by atoms with Gasteiger partial charge in [-0.2, -0.15) is 0 Å². The average Bonchev–Trinajstić information content (AvgIpc) is 2.70. The molecule has 0 atom stereocenters. The van der Waals surface area contributed by atoms with Gasteiger partial charge < -0.3 is 0 Å². The highest BCUT2D eigenvalue weighted by atomic mass is 127. The molecule has 0 saturated carbocycles. The summed E-state index contributed by atoms with van der Waals surface area (Å²) in [7, 11) is 0. The molecular formula is C21H13ClIN3. The minimum absolute atomic E-state index is 0.345. The zero-order valence-electron chi connectivity index (χ0n) is 13.6. The van der Waals surface area contributed by atoms with Crippen LogP contribution in [0.1, 0.15) is 0 Å². The first-order valence-electron chi connectivity index (χ1n) is 8.03. The summed E-state index contributed by atoms with van der Waals surface area (Å²) < 4.78 is 1.10. The molecule has 0 aliphatic heterocycles. The summed E-state index contributed by atoms with van der Waals surface area (Å²) in [5, 5.41) is 9.03. The van der Waals surface area contributed by atoms with Crippen molar-refractivity contribution in [1.82, 2.24) is 15.2 Å². The number of aromatic nitrogens is 3. The van der Waals surface area contributed by atoms with Crippen molar-refractivity contribution in [2.24, 2.45) is 0 Å². The third-order valence-corrected chi connectivity index (χ3v) is 5.25. The molecule has 2 heterocycles. The summed E-state index contributed by atoms with van der Waals surface area (Å²) in [6.45, 7) is 0. The Bertz CT molecular complexity index is 1050. The van der Waals surface area contributed by atoms with Gasteiger partial charge in [0.2, 0.25) is 0 Å². The minimum Gasteiger partial charge on any atom is -0.256 e. The molecule has 26 heavy (non-hydrogen) atoms. The van der Waals surface area contributed by atoms with Crippen molar-refractivity contribution < 1.29 is 0 Å². The van der Waals surface area contributed by atoms with Crippen molar-refractivity contribution in [3.8, 4) is 33.6 Å². The van der Waals surface area contributed by atoms with Crippen LogP contribution in [0.3, 0.4) is 0 Å². The second-order valence-electron chi connectivity index (χ2n) is 5.65. The molecule has 126 valence electrons. The average molecular weight is 470 g/mol. The number of hydrogen-bond donors (Lipinski definition) is 0. The van der Waals surface area contributed by atoms with E-state index in [1.54, 1.807) is 6.20 Å². The Morgan fingerprint density at radius 3 is 2.19 bits per heavy atom. The largest absolute Gasteiger partial charge is 0.256 e. The lowest BCUT2D eigenvalue weighted by molar-refractivity contribution is 1.04. The summed E-state index contributed by atoms with van der Waals surface area (Å²) in [5.41, 5.74) is 5.36. The van der Waals surface area contributed by atoms with Crippen molar-refractivity contribution in [2.45, 2.75) is 0 Å². The Kier molecular flexibility index (Phi) is 4.95. The van der Waals surface area contributed by atoms with E-state index in [9.17, 15) is 0 Å². The highest BCUT2D eigenvalue weighted by Gasteiger charge is 2.21. The highest BCUT2D eigenvalue weighted by Crippen LogP contribution is 2.41. The number of benzene rings is 2. The maximum Gasteiger partial charge on any atom is 0.161 e. The molecule has 4 rings (SSSR count). The fraction of sp³-hybridized carbons (Fsp3) is 0. The van der Waals surface area contributed by atoms with Crippen molar-refractivity contribution in [3.63, 3.8) is 0 Å². The second-order valence-corrected chi connectivity index (χ2v) is 7.17. The summed E-state index contributed by atoms with van der Waals surface area (Å²) in [4.78, 5) is 4.50. The Morgan fingerprint density at radius 2 is 1.46 bits per heavy atom. The van der Waals surface area contributed by atoms with Crippen LogP contribution < -0.4 is 0 Å². The fourth-order valence-corrected chi connectivity index (χ4v) is 3.76. The van der Waals surface area contributed by atoms with Crippen molar-refractivity contribution >= 4 is 34.2 Å². The monoisotopic (exact) mass is 469 g/mol. The first-order valence-corrected chi connectivity index (χ1v) is 9.49. The molecule has 0 aliphatic carbocycles. The molecule has 4 aromatic rings. The normalized spacial score (nSPS) is 10.7. The van der Waals surface area contributed by atoms with Crippen LogP contribution in [-0.2, 0) is 0 Å². The Balaban J connectivity index is 2.10. The zero-order chi connectivity index (χ0) is 17.9. The van der Waals surface area contributed by atoms with Crippen LogP contribution in [0.4, 0.5) is 0 Å². The van der Waals surface area contributed by atoms with Gasteiger partial charge in [-0.1, -0.05) is 66.2 Å². The smallest absolute Gasteiger partial charge is 0.161 e. The Morgan fingerprint density at radius 1 is 0.731 bits per heavy atom. The Hall–Kier alpha value is -2.31. The van der Waals surface area contributed by atoms with E-state index in [1.165, 1.54) is 0 Å². The van der Waals surface area contributed by atoms with E-state index in [1.807, 2.05) is 54.6 Å². The molecule has 0 spiro atoms. The van der Waals surface area contributed by atoms with Gasteiger partial charge in [-0.15, -0.1) is 10.2 Å². The van der Waals surface area contributed by atoms with Crippen LogP contribution in [0.2, 0.25) is 5.15 Å². The molecule has 0 bridgehead atoms. The van der Waals surface area contributed by atoms with Gasteiger partial charge in [0.1, 0.15) is 5.69 Å². The summed E-state index contributed by atoms with van der Waals surface area (Å²) in [6.07, 6.45) is 1.76. The number of pyridine rings is 1. The van der Waals surface area contributed by atoms with Crippen LogP contribution in [-0.4, -0.2) is 15.2 Å². The molecule has 0 aliphatic rings. The molecule has 0 unspecified atom stereocenters. The van der Waals surface area contributed by atoms with Crippen LogP contribution in [0.5, 0.6) is 0 Å². The standard InChI is InChI=1S/C21H13ClIN3/c22-21-19(17-12-6-7-13-24-17)18(14-8-2-1-3-9-14)20(25-26-21)15-10-4-5-11-16(15)23/h1-13H. The van der Waals surface area contributed by atoms with E-state index in [0.717, 1.165) is 37.2 Å². The predicted molar refractivity (Wildman–Crippen MR) is 114 cm³/mol. The molecule has 0 N–H and O–H groups in total.